The van der Waals surface area contributed by atoms with Gasteiger partial charge in [0.05, 0.1) is 19.7 Å². The summed E-state index contributed by atoms with van der Waals surface area (Å²) in [6.07, 6.45) is 8.55. The zero-order valence-corrected chi connectivity index (χ0v) is 16.5. The number of methoxy groups -OCH3 is 1. The van der Waals surface area contributed by atoms with E-state index in [4.69, 9.17) is 9.47 Å². The van der Waals surface area contributed by atoms with E-state index >= 15 is 0 Å². The summed E-state index contributed by atoms with van der Waals surface area (Å²) in [6, 6.07) is 17.6. The van der Waals surface area contributed by atoms with Crippen LogP contribution >= 0.6 is 0 Å². The number of rotatable bonds is 6. The van der Waals surface area contributed by atoms with Crippen molar-refractivity contribution in [3.8, 4) is 11.5 Å². The molecule has 0 radical (unpaired) electrons. The first kappa shape index (κ1) is 18.4. The van der Waals surface area contributed by atoms with Gasteiger partial charge in [0.1, 0.15) is 13.2 Å². The van der Waals surface area contributed by atoms with E-state index in [-0.39, 0.29) is 0 Å². The van der Waals surface area contributed by atoms with Crippen molar-refractivity contribution in [2.24, 2.45) is 5.92 Å². The number of hydrogen-bond acceptors (Lipinski definition) is 2. The summed E-state index contributed by atoms with van der Waals surface area (Å²) in [6.45, 7) is 2.99. The molecule has 4 rings (SSSR count). The monoisotopic (exact) mass is 366 g/mol. The summed E-state index contributed by atoms with van der Waals surface area (Å²) >= 11 is 0. The minimum atomic E-state index is 0.567. The van der Waals surface area contributed by atoms with Crippen molar-refractivity contribution in [2.75, 3.05) is 13.7 Å². The largest absolute Gasteiger partial charge is 0.493 e. The summed E-state index contributed by atoms with van der Waals surface area (Å²) in [5, 5.41) is 0. The van der Waals surface area contributed by atoms with Gasteiger partial charge in [-0.15, -0.1) is 0 Å². The number of hydrogen-bond donors (Lipinski definition) is 1. The topological polar surface area (TPSA) is 22.9 Å². The summed E-state index contributed by atoms with van der Waals surface area (Å²) in [5.74, 6) is 2.63. The lowest BCUT2D eigenvalue weighted by atomic mass is 9.78. The van der Waals surface area contributed by atoms with E-state index in [1.165, 1.54) is 56.2 Å². The van der Waals surface area contributed by atoms with E-state index < -0.39 is 0 Å². The molecule has 1 N–H and O–H groups in total. The molecule has 1 aliphatic carbocycles. The molecule has 0 aromatic heterocycles. The van der Waals surface area contributed by atoms with Crippen LogP contribution in [0.4, 0.5) is 0 Å². The molecular formula is C24H32NO2+. The predicted octanol–water partition coefficient (Wildman–Crippen LogP) is 4.01. The minimum Gasteiger partial charge on any atom is -0.493 e. The highest BCUT2D eigenvalue weighted by Gasteiger charge is 2.36. The van der Waals surface area contributed by atoms with Crippen LogP contribution in [-0.2, 0) is 13.2 Å². The van der Waals surface area contributed by atoms with Crippen LogP contribution in [0.1, 0.15) is 49.7 Å². The standard InChI is InChI=1S/C24H31NO2/c1-26-24-16-20(13-14-23(24)27-18-19-8-3-2-4-9-19)17-25-15-7-11-21-10-5-6-12-22(21)25/h2-4,8-9,13-14,16,21-22H,5-7,10-12,15,17-18H2,1H3/p+1/t21-,22-/m0/s1. The summed E-state index contributed by atoms with van der Waals surface area (Å²) in [5.41, 5.74) is 2.53. The smallest absolute Gasteiger partial charge is 0.161 e. The zero-order valence-electron chi connectivity index (χ0n) is 16.5. The highest BCUT2D eigenvalue weighted by atomic mass is 16.5. The quantitative estimate of drug-likeness (QED) is 0.835. The van der Waals surface area contributed by atoms with Crippen LogP contribution in [0, 0.1) is 5.92 Å². The second-order valence-electron chi connectivity index (χ2n) is 8.14. The third-order valence-electron chi connectivity index (χ3n) is 6.40. The SMILES string of the molecule is COc1cc(C[NH+]2CCC[C@@H]3CCCC[C@@H]32)ccc1OCc1ccccc1. The Kier molecular flexibility index (Phi) is 5.98. The van der Waals surface area contributed by atoms with Crippen LogP contribution in [0.25, 0.3) is 0 Å². The Bertz CT molecular complexity index is 728. The molecule has 3 heteroatoms. The second kappa shape index (κ2) is 8.79. The maximum absolute atomic E-state index is 6.01. The maximum atomic E-state index is 6.01. The molecule has 0 bridgehead atoms. The van der Waals surface area contributed by atoms with Gasteiger partial charge in [-0.25, -0.2) is 0 Å². The zero-order chi connectivity index (χ0) is 18.5. The Labute approximate surface area is 163 Å². The van der Waals surface area contributed by atoms with Crippen molar-refractivity contribution in [3.63, 3.8) is 0 Å². The van der Waals surface area contributed by atoms with E-state index in [0.29, 0.717) is 6.61 Å². The van der Waals surface area contributed by atoms with Gasteiger partial charge in [0.25, 0.3) is 0 Å². The van der Waals surface area contributed by atoms with Gasteiger partial charge in [0.2, 0.25) is 0 Å². The average Bonchev–Trinajstić information content (AvgIpc) is 2.74. The highest BCUT2D eigenvalue weighted by molar-refractivity contribution is 5.43. The Morgan fingerprint density at radius 2 is 1.70 bits per heavy atom. The fourth-order valence-corrected chi connectivity index (χ4v) is 5.03. The van der Waals surface area contributed by atoms with Crippen LogP contribution in [0.3, 0.4) is 0 Å². The lowest BCUT2D eigenvalue weighted by Gasteiger charge is -2.41. The molecule has 1 aliphatic heterocycles. The fraction of sp³-hybridized carbons (Fsp3) is 0.500. The molecule has 2 aromatic carbocycles. The first-order valence-corrected chi connectivity index (χ1v) is 10.5. The predicted molar refractivity (Wildman–Crippen MR) is 108 cm³/mol. The van der Waals surface area contributed by atoms with Gasteiger partial charge in [-0.3, -0.25) is 0 Å². The van der Waals surface area contributed by atoms with Gasteiger partial charge < -0.3 is 14.4 Å². The highest BCUT2D eigenvalue weighted by Crippen LogP contribution is 2.30. The molecule has 3 atom stereocenters. The van der Waals surface area contributed by atoms with Gasteiger partial charge in [-0.1, -0.05) is 36.8 Å². The van der Waals surface area contributed by atoms with Crippen LogP contribution < -0.4 is 14.4 Å². The van der Waals surface area contributed by atoms with Gasteiger partial charge in [-0.05, 0) is 55.9 Å². The molecule has 144 valence electrons. The molecule has 2 aromatic rings. The van der Waals surface area contributed by atoms with Gasteiger partial charge in [0, 0.05) is 11.5 Å². The van der Waals surface area contributed by atoms with E-state index in [1.807, 2.05) is 18.2 Å². The second-order valence-corrected chi connectivity index (χ2v) is 8.14. The molecule has 1 unspecified atom stereocenters. The van der Waals surface area contributed by atoms with Crippen LogP contribution in [0.2, 0.25) is 0 Å². The van der Waals surface area contributed by atoms with E-state index in [2.05, 4.69) is 30.3 Å². The number of piperidine rings is 1. The molecule has 2 aliphatic rings. The number of nitrogens with one attached hydrogen (secondary N) is 1. The number of fused-ring (bicyclic) bond motifs is 1. The number of ether oxygens (including phenoxy) is 2. The molecule has 2 fully saturated rings. The van der Waals surface area contributed by atoms with Crippen molar-refractivity contribution >= 4 is 0 Å². The van der Waals surface area contributed by atoms with Gasteiger partial charge in [-0.2, -0.15) is 0 Å². The average molecular weight is 367 g/mol. The molecule has 0 amide bonds. The maximum Gasteiger partial charge on any atom is 0.161 e. The summed E-state index contributed by atoms with van der Waals surface area (Å²) in [7, 11) is 1.74. The number of quaternary nitrogens is 1. The molecule has 1 heterocycles. The summed E-state index contributed by atoms with van der Waals surface area (Å²) in [4.78, 5) is 1.78. The lowest BCUT2D eigenvalue weighted by Crippen LogP contribution is -3.16. The fourth-order valence-electron chi connectivity index (χ4n) is 5.03. The minimum absolute atomic E-state index is 0.567. The first-order chi connectivity index (χ1) is 13.3. The van der Waals surface area contributed by atoms with Crippen molar-refractivity contribution in [3.05, 3.63) is 59.7 Å². The lowest BCUT2D eigenvalue weighted by molar-refractivity contribution is -0.949. The van der Waals surface area contributed by atoms with Gasteiger partial charge in [0.15, 0.2) is 11.5 Å². The molecule has 1 saturated carbocycles. The molecule has 27 heavy (non-hydrogen) atoms. The van der Waals surface area contributed by atoms with Crippen molar-refractivity contribution in [2.45, 2.75) is 57.7 Å². The Morgan fingerprint density at radius 1 is 0.889 bits per heavy atom. The molecule has 0 spiro atoms. The van der Waals surface area contributed by atoms with Crippen LogP contribution in [-0.4, -0.2) is 19.7 Å². The van der Waals surface area contributed by atoms with Crippen molar-refractivity contribution in [1.82, 2.24) is 0 Å². The first-order valence-electron chi connectivity index (χ1n) is 10.5. The molecular weight excluding hydrogens is 334 g/mol. The van der Waals surface area contributed by atoms with Gasteiger partial charge >= 0.3 is 0 Å². The Morgan fingerprint density at radius 3 is 2.56 bits per heavy atom. The Hall–Kier alpha value is -2.00. The van der Waals surface area contributed by atoms with E-state index in [1.54, 1.807) is 12.0 Å². The third kappa shape index (κ3) is 4.47. The third-order valence-corrected chi connectivity index (χ3v) is 6.40. The molecule has 1 saturated heterocycles. The van der Waals surface area contributed by atoms with E-state index in [0.717, 1.165) is 30.0 Å². The normalized spacial score (nSPS) is 24.9. The van der Waals surface area contributed by atoms with E-state index in [9.17, 15) is 0 Å². The Balaban J connectivity index is 1.43. The van der Waals surface area contributed by atoms with Crippen molar-refractivity contribution < 1.29 is 14.4 Å². The number of likely N-dealkylation sites (tertiary alicyclic amines) is 1. The number of benzene rings is 2. The summed E-state index contributed by atoms with van der Waals surface area (Å²) < 4.78 is 11.6. The van der Waals surface area contributed by atoms with Crippen LogP contribution in [0.15, 0.2) is 48.5 Å². The van der Waals surface area contributed by atoms with Crippen LogP contribution in [0.5, 0.6) is 11.5 Å². The molecule has 3 nitrogen and oxygen atoms in total. The van der Waals surface area contributed by atoms with Crippen molar-refractivity contribution in [1.29, 1.82) is 0 Å².